The van der Waals surface area contributed by atoms with Gasteiger partial charge in [-0.2, -0.15) is 0 Å². The van der Waals surface area contributed by atoms with E-state index in [2.05, 4.69) is 11.9 Å². The molecule has 8 heteroatoms. The maximum Gasteiger partial charge on any atom is 0.274 e. The Bertz CT molecular complexity index is 858. The molecule has 2 aromatic rings. The van der Waals surface area contributed by atoms with Gasteiger partial charge in [-0.1, -0.05) is 102 Å². The Morgan fingerprint density at radius 3 is 2.19 bits per heavy atom. The Labute approximate surface area is 197 Å². The Hall–Kier alpha value is -1.60. The van der Waals surface area contributed by atoms with Gasteiger partial charge in [-0.05, 0) is 16.7 Å². The van der Waals surface area contributed by atoms with E-state index in [1.54, 1.807) is 0 Å². The molecule has 1 aliphatic heterocycles. The number of carbonyl (C=O) groups is 1. The highest BCUT2D eigenvalue weighted by Gasteiger charge is 2.39. The second-order valence-corrected chi connectivity index (χ2v) is 9.51. The Balaban J connectivity index is 1.64. The number of amides is 1. The summed E-state index contributed by atoms with van der Waals surface area (Å²) >= 11 is 17.0. The second-order valence-electron chi connectivity index (χ2n) is 7.22. The minimum Gasteiger partial charge on any atom is -0.374 e. The first-order chi connectivity index (χ1) is 14.8. The van der Waals surface area contributed by atoms with Gasteiger partial charge in [-0.25, -0.2) is 0 Å². The van der Waals surface area contributed by atoms with Crippen molar-refractivity contribution in [2.75, 3.05) is 6.61 Å². The van der Waals surface area contributed by atoms with Crippen molar-refractivity contribution in [2.45, 2.75) is 41.9 Å². The Kier molecular flexibility index (Phi) is 8.78. The summed E-state index contributed by atoms with van der Waals surface area (Å²) in [6, 6.07) is 19.7. The van der Waals surface area contributed by atoms with Crippen LogP contribution in [0.1, 0.15) is 17.5 Å². The first kappa shape index (κ1) is 24.1. The molecule has 0 aliphatic carbocycles. The molecule has 1 aliphatic rings. The summed E-state index contributed by atoms with van der Waals surface area (Å²) in [4.78, 5) is 12.1. The molecule has 0 spiro atoms. The predicted octanol–water partition coefficient (Wildman–Crippen LogP) is 4.95. The van der Waals surface area contributed by atoms with Crippen molar-refractivity contribution in [3.8, 4) is 0 Å². The van der Waals surface area contributed by atoms with Crippen molar-refractivity contribution < 1.29 is 19.0 Å². The van der Waals surface area contributed by atoms with Crippen LogP contribution in [0.4, 0.5) is 0 Å². The van der Waals surface area contributed by atoms with Crippen molar-refractivity contribution in [3.63, 3.8) is 0 Å². The molecule has 0 aromatic heterocycles. The number of hydrogen-bond acceptors (Lipinski definition) is 4. The van der Waals surface area contributed by atoms with E-state index in [1.807, 2.05) is 60.7 Å². The number of nitrogens with one attached hydrogen (secondary N) is 1. The lowest BCUT2D eigenvalue weighted by atomic mass is 10.00. The van der Waals surface area contributed by atoms with Gasteiger partial charge < -0.3 is 19.5 Å². The van der Waals surface area contributed by atoms with Crippen LogP contribution in [0.3, 0.4) is 0 Å². The molecule has 31 heavy (non-hydrogen) atoms. The second kappa shape index (κ2) is 11.3. The molecule has 166 valence electrons. The average Bonchev–Trinajstić information content (AvgIpc) is 2.75. The quantitative estimate of drug-likeness (QED) is 0.426. The van der Waals surface area contributed by atoms with E-state index in [0.29, 0.717) is 25.2 Å². The minimum atomic E-state index is -2.09. The van der Waals surface area contributed by atoms with Crippen LogP contribution in [-0.4, -0.2) is 34.7 Å². The molecule has 1 fully saturated rings. The Morgan fingerprint density at radius 1 is 1.03 bits per heavy atom. The largest absolute Gasteiger partial charge is 0.374 e. The summed E-state index contributed by atoms with van der Waals surface area (Å²) in [7, 11) is 0. The zero-order chi connectivity index (χ0) is 22.3. The maximum atomic E-state index is 12.1. The zero-order valence-corrected chi connectivity index (χ0v) is 19.1. The fraction of sp³-hybridized carbons (Fsp3) is 0.348. The van der Waals surface area contributed by atoms with Gasteiger partial charge in [0.15, 0.2) is 6.23 Å². The molecule has 0 saturated carbocycles. The third-order valence-electron chi connectivity index (χ3n) is 4.78. The van der Waals surface area contributed by atoms with Crippen LogP contribution >= 0.6 is 34.8 Å². The third-order valence-corrected chi connectivity index (χ3v) is 5.29. The summed E-state index contributed by atoms with van der Waals surface area (Å²) < 4.78 is 15.9. The molecule has 0 bridgehead atoms. The Morgan fingerprint density at radius 2 is 1.61 bits per heavy atom. The van der Waals surface area contributed by atoms with Crippen LogP contribution in [0.2, 0.25) is 0 Å². The lowest BCUT2D eigenvalue weighted by Gasteiger charge is -2.38. The molecule has 1 saturated heterocycles. The van der Waals surface area contributed by atoms with Gasteiger partial charge >= 0.3 is 0 Å². The molecule has 2 aromatic carbocycles. The summed E-state index contributed by atoms with van der Waals surface area (Å²) in [5.41, 5.74) is 2.72. The van der Waals surface area contributed by atoms with E-state index in [1.165, 1.54) is 0 Å². The smallest absolute Gasteiger partial charge is 0.274 e. The van der Waals surface area contributed by atoms with Gasteiger partial charge in [0.25, 0.3) is 9.70 Å². The average molecular weight is 485 g/mol. The summed E-state index contributed by atoms with van der Waals surface area (Å²) in [6.45, 7) is 5.12. The van der Waals surface area contributed by atoms with Gasteiger partial charge in [0.1, 0.15) is 6.10 Å². The lowest BCUT2D eigenvalue weighted by Crippen LogP contribution is -2.52. The standard InChI is InChI=1S/C23H24Cl3NO4/c1-16-12-19(30-14-18-10-6-3-7-11-18)20(15-29-13-17-8-4-2-5-9-17)31-21(16)27-22(28)23(24,25)26/h2-11,19-21H,1,12-15H2,(H,27,28)/t19-,20+,21+/m0/s1. The van der Waals surface area contributed by atoms with E-state index in [4.69, 9.17) is 49.0 Å². The van der Waals surface area contributed by atoms with Crippen molar-refractivity contribution >= 4 is 40.7 Å². The van der Waals surface area contributed by atoms with Gasteiger partial charge in [0.05, 0.1) is 25.9 Å². The monoisotopic (exact) mass is 483 g/mol. The van der Waals surface area contributed by atoms with Gasteiger partial charge in [0, 0.05) is 6.42 Å². The van der Waals surface area contributed by atoms with Crippen LogP contribution < -0.4 is 5.32 Å². The van der Waals surface area contributed by atoms with E-state index in [0.717, 1.165) is 11.1 Å². The zero-order valence-electron chi connectivity index (χ0n) is 16.8. The molecule has 1 amide bonds. The molecule has 3 rings (SSSR count). The van der Waals surface area contributed by atoms with Crippen LogP contribution in [0.5, 0.6) is 0 Å². The summed E-state index contributed by atoms with van der Waals surface area (Å²) in [6.07, 6.45) is -1.08. The van der Waals surface area contributed by atoms with Crippen molar-refractivity contribution in [2.24, 2.45) is 0 Å². The molecular weight excluding hydrogens is 461 g/mol. The fourth-order valence-corrected chi connectivity index (χ4v) is 3.31. The lowest BCUT2D eigenvalue weighted by molar-refractivity contribution is -0.158. The van der Waals surface area contributed by atoms with E-state index in [9.17, 15) is 4.79 Å². The number of hydrogen-bond donors (Lipinski definition) is 1. The highest BCUT2D eigenvalue weighted by molar-refractivity contribution is 6.76. The molecular formula is C23H24Cl3NO4. The maximum absolute atomic E-state index is 12.1. The first-order valence-electron chi connectivity index (χ1n) is 9.81. The highest BCUT2D eigenvalue weighted by atomic mass is 35.6. The number of alkyl halides is 3. The SMILES string of the molecule is C=C1C[C@H](OCc2ccccc2)[C@@H](COCc2ccccc2)O[C@H]1NC(=O)C(Cl)(Cl)Cl. The van der Waals surface area contributed by atoms with Gasteiger partial charge in [0.2, 0.25) is 0 Å². The predicted molar refractivity (Wildman–Crippen MR) is 122 cm³/mol. The van der Waals surface area contributed by atoms with Crippen LogP contribution in [-0.2, 0) is 32.2 Å². The highest BCUT2D eigenvalue weighted by Crippen LogP contribution is 2.30. The van der Waals surface area contributed by atoms with E-state index >= 15 is 0 Å². The van der Waals surface area contributed by atoms with Crippen LogP contribution in [0.15, 0.2) is 72.8 Å². The summed E-state index contributed by atoms with van der Waals surface area (Å²) in [5.74, 6) is -0.781. The van der Waals surface area contributed by atoms with Gasteiger partial charge in [-0.15, -0.1) is 0 Å². The normalized spacial score (nSPS) is 21.6. The molecule has 0 unspecified atom stereocenters. The third kappa shape index (κ3) is 7.49. The van der Waals surface area contributed by atoms with E-state index < -0.39 is 22.0 Å². The fourth-order valence-electron chi connectivity index (χ4n) is 3.15. The van der Waals surface area contributed by atoms with Gasteiger partial charge in [-0.3, -0.25) is 4.79 Å². The van der Waals surface area contributed by atoms with E-state index in [-0.39, 0.29) is 12.7 Å². The number of carbonyl (C=O) groups excluding carboxylic acids is 1. The first-order valence-corrected chi connectivity index (χ1v) is 10.9. The number of rotatable bonds is 8. The summed E-state index contributed by atoms with van der Waals surface area (Å²) in [5, 5.41) is 2.57. The van der Waals surface area contributed by atoms with Crippen molar-refractivity contribution in [1.82, 2.24) is 5.32 Å². The molecule has 0 radical (unpaired) electrons. The minimum absolute atomic E-state index is 0.266. The number of benzene rings is 2. The number of ether oxygens (including phenoxy) is 3. The molecule has 3 atom stereocenters. The number of halogens is 3. The van der Waals surface area contributed by atoms with Crippen molar-refractivity contribution in [1.29, 1.82) is 0 Å². The molecule has 5 nitrogen and oxygen atoms in total. The van der Waals surface area contributed by atoms with Crippen LogP contribution in [0.25, 0.3) is 0 Å². The molecule has 1 heterocycles. The van der Waals surface area contributed by atoms with Crippen LogP contribution in [0, 0.1) is 0 Å². The topological polar surface area (TPSA) is 56.8 Å². The molecule has 1 N–H and O–H groups in total. The van der Waals surface area contributed by atoms with Crippen molar-refractivity contribution in [3.05, 3.63) is 83.9 Å².